The van der Waals surface area contributed by atoms with Gasteiger partial charge in [0.2, 0.25) is 0 Å². The van der Waals surface area contributed by atoms with Gasteiger partial charge in [0.25, 0.3) is 5.91 Å². The fraction of sp³-hybridized carbons (Fsp3) is 0.345. The number of hydrogen-bond acceptors (Lipinski definition) is 3. The first-order chi connectivity index (χ1) is 16.2. The molecule has 33 heavy (non-hydrogen) atoms. The zero-order chi connectivity index (χ0) is 22.4. The van der Waals surface area contributed by atoms with E-state index in [1.165, 1.54) is 36.1 Å². The van der Waals surface area contributed by atoms with Crippen molar-refractivity contribution in [3.8, 4) is 5.75 Å². The van der Waals surface area contributed by atoms with Gasteiger partial charge in [-0.25, -0.2) is 0 Å². The third-order valence-electron chi connectivity index (χ3n) is 8.14. The van der Waals surface area contributed by atoms with Crippen LogP contribution in [0.4, 0.5) is 5.69 Å². The number of methoxy groups -OCH3 is 1. The number of ether oxygens (including phenoxy) is 1. The minimum Gasteiger partial charge on any atom is -0.496 e. The molecule has 4 heteroatoms. The first-order valence-electron chi connectivity index (χ1n) is 12.1. The molecular formula is C29H30N2O2. The van der Waals surface area contributed by atoms with Crippen molar-refractivity contribution < 1.29 is 9.53 Å². The van der Waals surface area contributed by atoms with Gasteiger partial charge in [-0.1, -0.05) is 48.5 Å². The molecule has 0 radical (unpaired) electrons. The van der Waals surface area contributed by atoms with Crippen molar-refractivity contribution >= 4 is 11.6 Å². The molecule has 2 saturated carbocycles. The van der Waals surface area contributed by atoms with Gasteiger partial charge in [-0.3, -0.25) is 4.79 Å². The number of benzene rings is 3. The topological polar surface area (TPSA) is 50.4 Å². The SMILES string of the molecule is COc1ccccc1CNC(=O)c1ccc2c(c1)[C@@H]1[C@H]3CC[C@@H](C3)[C@@H]1[C@@H](c1ccccc1)N2. The summed E-state index contributed by atoms with van der Waals surface area (Å²) in [5.74, 6) is 3.41. The Labute approximate surface area is 195 Å². The van der Waals surface area contributed by atoms with Gasteiger partial charge < -0.3 is 15.4 Å². The molecule has 2 aliphatic carbocycles. The standard InChI is InChI=1S/C29H30N2O2/c1-33-25-10-6-5-9-22(25)17-30-29(32)21-13-14-24-23(16-21)26-19-11-12-20(15-19)27(26)28(31-24)18-7-3-2-4-8-18/h2-10,13-14,16,19-20,26-28,31H,11-12,15,17H2,1H3,(H,30,32)/t19-,20-,26-,27-,28+/m0/s1. The Morgan fingerprint density at radius 2 is 1.79 bits per heavy atom. The second-order valence-electron chi connectivity index (χ2n) is 9.77. The van der Waals surface area contributed by atoms with Crippen molar-refractivity contribution in [3.63, 3.8) is 0 Å². The largest absolute Gasteiger partial charge is 0.496 e. The van der Waals surface area contributed by atoms with E-state index in [1.54, 1.807) is 7.11 Å². The molecule has 3 aliphatic rings. The van der Waals surface area contributed by atoms with E-state index in [0.29, 0.717) is 24.4 Å². The number of carbonyl (C=O) groups is 1. The van der Waals surface area contributed by atoms with Gasteiger partial charge in [0, 0.05) is 23.4 Å². The summed E-state index contributed by atoms with van der Waals surface area (Å²) >= 11 is 0. The van der Waals surface area contributed by atoms with Crippen molar-refractivity contribution in [1.29, 1.82) is 0 Å². The molecular weight excluding hydrogens is 408 g/mol. The first-order valence-corrected chi connectivity index (χ1v) is 12.1. The lowest BCUT2D eigenvalue weighted by molar-refractivity contribution is 0.0950. The van der Waals surface area contributed by atoms with Crippen molar-refractivity contribution in [2.45, 2.75) is 37.8 Å². The van der Waals surface area contributed by atoms with Gasteiger partial charge in [-0.05, 0) is 78.3 Å². The van der Waals surface area contributed by atoms with Gasteiger partial charge in [0.15, 0.2) is 0 Å². The van der Waals surface area contributed by atoms with Gasteiger partial charge in [0.1, 0.15) is 5.75 Å². The minimum atomic E-state index is -0.0337. The highest BCUT2D eigenvalue weighted by Gasteiger charge is 2.53. The highest BCUT2D eigenvalue weighted by molar-refractivity contribution is 5.95. The van der Waals surface area contributed by atoms with Gasteiger partial charge in [-0.15, -0.1) is 0 Å². The Balaban J connectivity index is 1.28. The van der Waals surface area contributed by atoms with E-state index in [9.17, 15) is 4.79 Å². The number of hydrogen-bond donors (Lipinski definition) is 2. The van der Waals surface area contributed by atoms with E-state index in [2.05, 4.69) is 53.1 Å². The van der Waals surface area contributed by atoms with Crippen LogP contribution in [0.3, 0.4) is 0 Å². The molecule has 1 amide bonds. The summed E-state index contributed by atoms with van der Waals surface area (Å²) in [6.45, 7) is 0.449. The zero-order valence-electron chi connectivity index (χ0n) is 19.0. The Bertz CT molecular complexity index is 1180. The van der Waals surface area contributed by atoms with Crippen LogP contribution in [0, 0.1) is 17.8 Å². The van der Waals surface area contributed by atoms with Crippen LogP contribution in [0.5, 0.6) is 5.75 Å². The molecule has 3 aromatic carbocycles. The summed E-state index contributed by atoms with van der Waals surface area (Å²) in [4.78, 5) is 13.1. The molecule has 1 heterocycles. The normalized spacial score (nSPS) is 26.8. The molecule has 1 aliphatic heterocycles. The smallest absolute Gasteiger partial charge is 0.251 e. The van der Waals surface area contributed by atoms with Crippen LogP contribution in [-0.2, 0) is 6.54 Å². The lowest BCUT2D eigenvalue weighted by atomic mass is 9.68. The van der Waals surface area contributed by atoms with Crippen LogP contribution in [-0.4, -0.2) is 13.0 Å². The van der Waals surface area contributed by atoms with E-state index in [-0.39, 0.29) is 5.91 Å². The number of amides is 1. The summed E-state index contributed by atoms with van der Waals surface area (Å²) < 4.78 is 5.42. The molecule has 4 nitrogen and oxygen atoms in total. The molecule has 0 spiro atoms. The van der Waals surface area contributed by atoms with Crippen LogP contribution in [0.15, 0.2) is 72.8 Å². The van der Waals surface area contributed by atoms with E-state index < -0.39 is 0 Å². The fourth-order valence-corrected chi connectivity index (χ4v) is 6.74. The summed E-state index contributed by atoms with van der Waals surface area (Å²) in [6, 6.07) is 25.3. The quantitative estimate of drug-likeness (QED) is 0.520. The second-order valence-corrected chi connectivity index (χ2v) is 9.77. The molecule has 0 unspecified atom stereocenters. The van der Waals surface area contributed by atoms with Crippen LogP contribution < -0.4 is 15.4 Å². The van der Waals surface area contributed by atoms with Gasteiger partial charge in [0.05, 0.1) is 13.2 Å². The predicted molar refractivity (Wildman–Crippen MR) is 130 cm³/mol. The van der Waals surface area contributed by atoms with E-state index in [4.69, 9.17) is 4.74 Å². The number of anilines is 1. The van der Waals surface area contributed by atoms with Gasteiger partial charge >= 0.3 is 0 Å². The van der Waals surface area contributed by atoms with E-state index >= 15 is 0 Å². The molecule has 2 fully saturated rings. The zero-order valence-corrected chi connectivity index (χ0v) is 19.0. The summed E-state index contributed by atoms with van der Waals surface area (Å²) in [5, 5.41) is 6.95. The predicted octanol–water partition coefficient (Wildman–Crippen LogP) is 5.92. The van der Waals surface area contributed by atoms with Crippen molar-refractivity contribution in [3.05, 3.63) is 95.1 Å². The van der Waals surface area contributed by atoms with Crippen LogP contribution in [0.25, 0.3) is 0 Å². The van der Waals surface area contributed by atoms with Crippen LogP contribution in [0.1, 0.15) is 58.3 Å². The minimum absolute atomic E-state index is 0.0337. The Morgan fingerprint density at radius 3 is 2.64 bits per heavy atom. The highest BCUT2D eigenvalue weighted by atomic mass is 16.5. The van der Waals surface area contributed by atoms with Crippen molar-refractivity contribution in [2.75, 3.05) is 12.4 Å². The third kappa shape index (κ3) is 3.49. The number of nitrogens with one attached hydrogen (secondary N) is 2. The second kappa shape index (κ2) is 8.26. The Hall–Kier alpha value is -3.27. The molecule has 2 bridgehead atoms. The fourth-order valence-electron chi connectivity index (χ4n) is 6.74. The Morgan fingerprint density at radius 1 is 1.00 bits per heavy atom. The first kappa shape index (κ1) is 20.3. The van der Waals surface area contributed by atoms with Crippen LogP contribution >= 0.6 is 0 Å². The summed E-state index contributed by atoms with van der Waals surface area (Å²) in [5.41, 5.74) is 5.63. The van der Waals surface area contributed by atoms with E-state index in [0.717, 1.165) is 28.7 Å². The summed E-state index contributed by atoms with van der Waals surface area (Å²) in [6.07, 6.45) is 3.98. The Kier molecular flexibility index (Phi) is 5.09. The molecule has 2 N–H and O–H groups in total. The number of rotatable bonds is 5. The number of carbonyl (C=O) groups excluding carboxylic acids is 1. The summed E-state index contributed by atoms with van der Waals surface area (Å²) in [7, 11) is 1.66. The molecule has 5 atom stereocenters. The molecule has 3 aromatic rings. The number of para-hydroxylation sites is 1. The van der Waals surface area contributed by atoms with Crippen molar-refractivity contribution in [1.82, 2.24) is 5.32 Å². The highest BCUT2D eigenvalue weighted by Crippen LogP contribution is 2.63. The molecule has 6 rings (SSSR count). The van der Waals surface area contributed by atoms with Crippen LogP contribution in [0.2, 0.25) is 0 Å². The number of fused-ring (bicyclic) bond motifs is 7. The van der Waals surface area contributed by atoms with Gasteiger partial charge in [-0.2, -0.15) is 0 Å². The lowest BCUT2D eigenvalue weighted by Gasteiger charge is -2.43. The molecule has 0 saturated heterocycles. The van der Waals surface area contributed by atoms with Crippen molar-refractivity contribution in [2.24, 2.45) is 17.8 Å². The molecule has 168 valence electrons. The molecule has 0 aromatic heterocycles. The van der Waals surface area contributed by atoms with E-state index in [1.807, 2.05) is 30.3 Å². The maximum Gasteiger partial charge on any atom is 0.251 e. The maximum atomic E-state index is 13.1. The monoisotopic (exact) mass is 438 g/mol. The maximum absolute atomic E-state index is 13.1. The lowest BCUT2D eigenvalue weighted by Crippen LogP contribution is -2.35. The average molecular weight is 439 g/mol. The third-order valence-corrected chi connectivity index (χ3v) is 8.14. The average Bonchev–Trinajstić information content (AvgIpc) is 3.50.